The number of carboxylic acid groups (broad SMARTS) is 1. The van der Waals surface area contributed by atoms with Crippen molar-refractivity contribution in [3.05, 3.63) is 36.5 Å². The van der Waals surface area contributed by atoms with Crippen molar-refractivity contribution in [3.8, 4) is 0 Å². The standard InChI is InChI=1S/C71H128O12/c1-4-7-10-13-16-19-22-25-28-30-32-34-37-39-42-45-48-51-54-57-63(72)79-60-62(81-64(73)58-55-52-49-46-43-40-36-27-24-21-18-15-12-9-6-3)61-80-71-69(67(76)66(75)68(83-71)70(77)78)82-65(74)59-56-53-50-47-44-41-38-35-33-31-29-26-23-20-17-14-11-8-5-2/h16,19,25,28,32,34,62,66-69,71,75-76H,4-15,17-18,20-24,26-27,29-31,33,35-61H2,1-3H3,(H,77,78)/b19-16-,28-25-,34-32-. The molecule has 1 heterocycles. The molecule has 1 aliphatic heterocycles. The van der Waals surface area contributed by atoms with Crippen molar-refractivity contribution in [1.29, 1.82) is 0 Å². The molecule has 484 valence electrons. The number of allylic oxidation sites excluding steroid dienone is 6. The van der Waals surface area contributed by atoms with Gasteiger partial charge in [0, 0.05) is 19.3 Å². The van der Waals surface area contributed by atoms with Gasteiger partial charge in [-0.05, 0) is 57.8 Å². The minimum absolute atomic E-state index is 0.0661. The van der Waals surface area contributed by atoms with Crippen LogP contribution in [0, 0.1) is 0 Å². The van der Waals surface area contributed by atoms with Gasteiger partial charge < -0.3 is 39.0 Å². The number of carbonyl (C=O) groups excluding carboxylic acids is 3. The molecule has 3 N–H and O–H groups in total. The van der Waals surface area contributed by atoms with Gasteiger partial charge in [0.1, 0.15) is 18.8 Å². The van der Waals surface area contributed by atoms with Gasteiger partial charge in [-0.2, -0.15) is 0 Å². The maximum absolute atomic E-state index is 13.2. The number of aliphatic hydroxyl groups is 2. The van der Waals surface area contributed by atoms with Crippen molar-refractivity contribution in [3.63, 3.8) is 0 Å². The molecule has 0 radical (unpaired) electrons. The number of esters is 3. The Morgan fingerprint density at radius 2 is 0.723 bits per heavy atom. The number of aliphatic carboxylic acids is 1. The molecular weight excluding hydrogens is 1040 g/mol. The lowest BCUT2D eigenvalue weighted by molar-refractivity contribution is -0.301. The maximum Gasteiger partial charge on any atom is 0.335 e. The Morgan fingerprint density at radius 3 is 1.12 bits per heavy atom. The summed E-state index contributed by atoms with van der Waals surface area (Å²) in [7, 11) is 0. The first-order valence-corrected chi connectivity index (χ1v) is 35.0. The molecule has 0 aliphatic carbocycles. The average molecular weight is 1170 g/mol. The molecule has 1 saturated heterocycles. The molecule has 1 fully saturated rings. The molecule has 1 rings (SSSR count). The molecule has 83 heavy (non-hydrogen) atoms. The highest BCUT2D eigenvalue weighted by Crippen LogP contribution is 2.27. The Labute approximate surface area is 508 Å². The molecule has 0 aromatic carbocycles. The summed E-state index contributed by atoms with van der Waals surface area (Å²) in [5, 5.41) is 31.7. The average Bonchev–Trinajstić information content (AvgIpc) is 3.57. The van der Waals surface area contributed by atoms with Gasteiger partial charge in [0.15, 0.2) is 24.6 Å². The molecule has 0 aromatic heterocycles. The zero-order chi connectivity index (χ0) is 60.3. The van der Waals surface area contributed by atoms with Gasteiger partial charge in [-0.1, -0.05) is 301 Å². The van der Waals surface area contributed by atoms with Gasteiger partial charge in [0.25, 0.3) is 0 Å². The number of unbranched alkanes of at least 4 members (excludes halogenated alkanes) is 41. The summed E-state index contributed by atoms with van der Waals surface area (Å²) < 4.78 is 28.6. The molecule has 0 bridgehead atoms. The van der Waals surface area contributed by atoms with E-state index in [0.29, 0.717) is 19.3 Å². The van der Waals surface area contributed by atoms with Crippen LogP contribution in [-0.4, -0.2) is 89.2 Å². The van der Waals surface area contributed by atoms with Crippen molar-refractivity contribution < 1.29 is 58.2 Å². The van der Waals surface area contributed by atoms with Crippen LogP contribution < -0.4 is 0 Å². The topological polar surface area (TPSA) is 175 Å². The van der Waals surface area contributed by atoms with Crippen molar-refractivity contribution in [1.82, 2.24) is 0 Å². The number of carboxylic acids is 1. The van der Waals surface area contributed by atoms with Gasteiger partial charge in [-0.15, -0.1) is 0 Å². The van der Waals surface area contributed by atoms with E-state index in [1.54, 1.807) is 0 Å². The van der Waals surface area contributed by atoms with E-state index in [0.717, 1.165) is 89.9 Å². The molecule has 0 aromatic rings. The van der Waals surface area contributed by atoms with E-state index in [9.17, 15) is 34.5 Å². The number of hydrogen-bond donors (Lipinski definition) is 3. The van der Waals surface area contributed by atoms with E-state index in [1.807, 2.05) is 0 Å². The Kier molecular flexibility index (Phi) is 55.7. The normalized spacial score (nSPS) is 17.7. The molecule has 0 saturated carbocycles. The second-order valence-corrected chi connectivity index (χ2v) is 24.2. The smallest absolute Gasteiger partial charge is 0.335 e. The third-order valence-corrected chi connectivity index (χ3v) is 16.2. The van der Waals surface area contributed by atoms with E-state index in [2.05, 4.69) is 57.2 Å². The zero-order valence-corrected chi connectivity index (χ0v) is 53.7. The van der Waals surface area contributed by atoms with E-state index in [-0.39, 0.29) is 25.9 Å². The first-order chi connectivity index (χ1) is 40.6. The molecular formula is C71H128O12. The quantitative estimate of drug-likeness (QED) is 0.0228. The predicted octanol–water partition coefficient (Wildman–Crippen LogP) is 19.1. The van der Waals surface area contributed by atoms with Gasteiger partial charge in [-0.3, -0.25) is 14.4 Å². The SMILES string of the molecule is CCCCC/C=C\C/C=C\C/C=C\CCCCCCCCC(=O)OCC(COC1OC(C(=O)O)C(O)C(O)C1OC(=O)CCCCCCCCCCCCCCCCCCCCC)OC(=O)CCCCCCCCCCCCCCCCC. The molecule has 1 aliphatic rings. The summed E-state index contributed by atoms with van der Waals surface area (Å²) >= 11 is 0. The van der Waals surface area contributed by atoms with Crippen LogP contribution in [0.25, 0.3) is 0 Å². The highest BCUT2D eigenvalue weighted by molar-refractivity contribution is 5.74. The number of aliphatic hydroxyl groups excluding tert-OH is 2. The Balaban J connectivity index is 2.62. The highest BCUT2D eigenvalue weighted by Gasteiger charge is 2.50. The summed E-state index contributed by atoms with van der Waals surface area (Å²) in [5.41, 5.74) is 0. The molecule has 12 heteroatoms. The molecule has 0 spiro atoms. The Morgan fingerprint density at radius 1 is 0.398 bits per heavy atom. The summed E-state index contributed by atoms with van der Waals surface area (Å²) in [5.74, 6) is -3.09. The lowest BCUT2D eigenvalue weighted by atomic mass is 9.98. The summed E-state index contributed by atoms with van der Waals surface area (Å²) in [6.07, 6.45) is 59.5. The predicted molar refractivity (Wildman–Crippen MR) is 340 cm³/mol. The number of ether oxygens (including phenoxy) is 5. The fourth-order valence-corrected chi connectivity index (χ4v) is 10.8. The van der Waals surface area contributed by atoms with Crippen LogP contribution in [0.3, 0.4) is 0 Å². The molecule has 6 unspecified atom stereocenters. The third-order valence-electron chi connectivity index (χ3n) is 16.2. The fraction of sp³-hybridized carbons (Fsp3) is 0.859. The van der Waals surface area contributed by atoms with Crippen LogP contribution in [0.15, 0.2) is 36.5 Å². The minimum atomic E-state index is -1.90. The van der Waals surface area contributed by atoms with Crippen molar-refractivity contribution in [2.75, 3.05) is 13.2 Å². The second kappa shape index (κ2) is 59.3. The minimum Gasteiger partial charge on any atom is -0.479 e. The van der Waals surface area contributed by atoms with Crippen LogP contribution in [0.2, 0.25) is 0 Å². The zero-order valence-electron chi connectivity index (χ0n) is 53.7. The highest BCUT2D eigenvalue weighted by atomic mass is 16.7. The molecule has 12 nitrogen and oxygen atoms in total. The Bertz CT molecular complexity index is 1580. The number of hydrogen-bond acceptors (Lipinski definition) is 11. The van der Waals surface area contributed by atoms with Crippen molar-refractivity contribution >= 4 is 23.9 Å². The van der Waals surface area contributed by atoms with Crippen molar-refractivity contribution in [2.45, 2.75) is 379 Å². The summed E-state index contributed by atoms with van der Waals surface area (Å²) in [6.45, 7) is 6.03. The number of rotatable bonds is 61. The van der Waals surface area contributed by atoms with Gasteiger partial charge in [-0.25, -0.2) is 4.79 Å². The first-order valence-electron chi connectivity index (χ1n) is 35.0. The summed E-state index contributed by atoms with van der Waals surface area (Å²) in [4.78, 5) is 51.4. The first kappa shape index (κ1) is 78.0. The largest absolute Gasteiger partial charge is 0.479 e. The lowest BCUT2D eigenvalue weighted by Crippen LogP contribution is -2.61. The van der Waals surface area contributed by atoms with Crippen LogP contribution in [0.4, 0.5) is 0 Å². The fourth-order valence-electron chi connectivity index (χ4n) is 10.8. The third kappa shape index (κ3) is 48.7. The van der Waals surface area contributed by atoms with Crippen LogP contribution in [0.5, 0.6) is 0 Å². The molecule has 6 atom stereocenters. The van der Waals surface area contributed by atoms with E-state index >= 15 is 0 Å². The lowest BCUT2D eigenvalue weighted by Gasteiger charge is -2.40. The van der Waals surface area contributed by atoms with Crippen LogP contribution in [0.1, 0.15) is 342 Å². The number of carbonyl (C=O) groups is 4. The molecule has 0 amide bonds. The summed E-state index contributed by atoms with van der Waals surface area (Å²) in [6, 6.07) is 0. The van der Waals surface area contributed by atoms with E-state index < -0.39 is 67.3 Å². The monoisotopic (exact) mass is 1170 g/mol. The van der Waals surface area contributed by atoms with E-state index in [4.69, 9.17) is 23.7 Å². The van der Waals surface area contributed by atoms with Gasteiger partial charge in [0.05, 0.1) is 6.61 Å². The maximum atomic E-state index is 13.2. The van der Waals surface area contributed by atoms with Crippen LogP contribution in [-0.2, 0) is 42.9 Å². The Hall–Kier alpha value is -3.06. The van der Waals surface area contributed by atoms with Gasteiger partial charge >= 0.3 is 23.9 Å². The second-order valence-electron chi connectivity index (χ2n) is 24.2. The van der Waals surface area contributed by atoms with E-state index in [1.165, 1.54) is 193 Å². The van der Waals surface area contributed by atoms with Crippen LogP contribution >= 0.6 is 0 Å². The van der Waals surface area contributed by atoms with Crippen molar-refractivity contribution in [2.24, 2.45) is 0 Å². The van der Waals surface area contributed by atoms with Gasteiger partial charge in [0.2, 0.25) is 0 Å².